The first-order valence-electron chi connectivity index (χ1n) is 6.12. The van der Waals surface area contributed by atoms with Crippen molar-refractivity contribution in [3.63, 3.8) is 0 Å². The molecule has 18 heavy (non-hydrogen) atoms. The Kier molecular flexibility index (Phi) is 4.56. The van der Waals surface area contributed by atoms with E-state index >= 15 is 0 Å². The minimum atomic E-state index is 0.142. The molecule has 0 radical (unpaired) electrons. The third kappa shape index (κ3) is 3.01. The van der Waals surface area contributed by atoms with Gasteiger partial charge in [-0.25, -0.2) is 0 Å². The second-order valence-electron chi connectivity index (χ2n) is 4.42. The molecule has 3 N–H and O–H groups in total. The molecule has 1 saturated heterocycles. The van der Waals surface area contributed by atoms with Gasteiger partial charge in [-0.15, -0.1) is 0 Å². The third-order valence-electron chi connectivity index (χ3n) is 3.18. The van der Waals surface area contributed by atoms with Crippen molar-refractivity contribution in [2.45, 2.75) is 18.6 Å². The summed E-state index contributed by atoms with van der Waals surface area (Å²) in [7, 11) is 0. The SMILES string of the molecule is CCC1CN(c2cc(Br)ccc2C(=N)N)CCS1. The molecule has 1 atom stereocenters. The van der Waals surface area contributed by atoms with Crippen LogP contribution in [0.25, 0.3) is 0 Å². The lowest BCUT2D eigenvalue weighted by Crippen LogP contribution is -2.38. The maximum Gasteiger partial charge on any atom is 0.124 e. The predicted octanol–water partition coefficient (Wildman–Crippen LogP) is 3.06. The van der Waals surface area contributed by atoms with Crippen molar-refractivity contribution in [2.24, 2.45) is 5.73 Å². The summed E-state index contributed by atoms with van der Waals surface area (Å²) in [4.78, 5) is 2.35. The summed E-state index contributed by atoms with van der Waals surface area (Å²) in [6.07, 6.45) is 1.19. The summed E-state index contributed by atoms with van der Waals surface area (Å²) in [5.41, 5.74) is 7.59. The second-order valence-corrected chi connectivity index (χ2v) is 6.75. The first-order chi connectivity index (χ1) is 8.61. The molecular weight excluding hydrogens is 310 g/mol. The third-order valence-corrected chi connectivity index (χ3v) is 5.05. The standard InChI is InChI=1S/C13H18BrN3S/c1-2-10-8-17(5-6-18-10)12-7-9(14)3-4-11(12)13(15)16/h3-4,7,10H,2,5-6,8H2,1H3,(H3,15,16). The summed E-state index contributed by atoms with van der Waals surface area (Å²) in [6, 6.07) is 5.93. The number of anilines is 1. The molecule has 1 heterocycles. The highest BCUT2D eigenvalue weighted by molar-refractivity contribution is 9.10. The zero-order valence-electron chi connectivity index (χ0n) is 10.4. The van der Waals surface area contributed by atoms with Gasteiger partial charge in [0.25, 0.3) is 0 Å². The Bertz CT molecular complexity index is 450. The van der Waals surface area contributed by atoms with Crippen LogP contribution < -0.4 is 10.6 Å². The molecule has 1 aliphatic heterocycles. The number of nitrogens with one attached hydrogen (secondary N) is 1. The molecule has 1 fully saturated rings. The van der Waals surface area contributed by atoms with Crippen LogP contribution >= 0.6 is 27.7 Å². The molecule has 5 heteroatoms. The van der Waals surface area contributed by atoms with E-state index in [0.29, 0.717) is 5.25 Å². The van der Waals surface area contributed by atoms with E-state index in [1.807, 2.05) is 23.9 Å². The molecule has 0 bridgehead atoms. The van der Waals surface area contributed by atoms with Crippen molar-refractivity contribution >= 4 is 39.2 Å². The van der Waals surface area contributed by atoms with E-state index in [0.717, 1.165) is 34.6 Å². The van der Waals surface area contributed by atoms with Gasteiger partial charge in [-0.1, -0.05) is 22.9 Å². The van der Waals surface area contributed by atoms with Gasteiger partial charge in [0.05, 0.1) is 0 Å². The van der Waals surface area contributed by atoms with Crippen LogP contribution in [-0.4, -0.2) is 29.9 Å². The number of thioether (sulfide) groups is 1. The van der Waals surface area contributed by atoms with E-state index in [4.69, 9.17) is 11.1 Å². The van der Waals surface area contributed by atoms with Gasteiger partial charge in [0, 0.05) is 39.8 Å². The number of hydrogen-bond acceptors (Lipinski definition) is 3. The van der Waals surface area contributed by atoms with Gasteiger partial charge in [0.1, 0.15) is 5.84 Å². The maximum atomic E-state index is 7.69. The summed E-state index contributed by atoms with van der Waals surface area (Å²) in [5.74, 6) is 1.28. The summed E-state index contributed by atoms with van der Waals surface area (Å²) >= 11 is 5.54. The van der Waals surface area contributed by atoms with E-state index in [1.165, 1.54) is 6.42 Å². The number of benzene rings is 1. The van der Waals surface area contributed by atoms with Gasteiger partial charge in [0.2, 0.25) is 0 Å². The van der Waals surface area contributed by atoms with Crippen molar-refractivity contribution in [2.75, 3.05) is 23.7 Å². The average molecular weight is 328 g/mol. The number of rotatable bonds is 3. The summed E-state index contributed by atoms with van der Waals surface area (Å²) in [6.45, 7) is 4.30. The van der Waals surface area contributed by atoms with Crippen molar-refractivity contribution in [1.82, 2.24) is 0 Å². The highest BCUT2D eigenvalue weighted by atomic mass is 79.9. The van der Waals surface area contributed by atoms with Gasteiger partial charge in [-0.3, -0.25) is 5.41 Å². The first-order valence-corrected chi connectivity index (χ1v) is 7.96. The Labute approximate surface area is 121 Å². The molecular formula is C13H18BrN3S. The topological polar surface area (TPSA) is 53.1 Å². The molecule has 0 amide bonds. The lowest BCUT2D eigenvalue weighted by Gasteiger charge is -2.34. The fraction of sp³-hybridized carbons (Fsp3) is 0.462. The van der Waals surface area contributed by atoms with Crippen LogP contribution in [0.15, 0.2) is 22.7 Å². The number of halogens is 1. The van der Waals surface area contributed by atoms with Gasteiger partial charge in [-0.2, -0.15) is 11.8 Å². The van der Waals surface area contributed by atoms with E-state index in [2.05, 4.69) is 33.8 Å². The zero-order valence-corrected chi connectivity index (χ0v) is 12.9. The van der Waals surface area contributed by atoms with E-state index in [9.17, 15) is 0 Å². The lowest BCUT2D eigenvalue weighted by molar-refractivity contribution is 0.727. The Morgan fingerprint density at radius 2 is 2.39 bits per heavy atom. The predicted molar refractivity (Wildman–Crippen MR) is 83.9 cm³/mol. The van der Waals surface area contributed by atoms with Crippen molar-refractivity contribution in [1.29, 1.82) is 5.41 Å². The van der Waals surface area contributed by atoms with Crippen molar-refractivity contribution in [3.8, 4) is 0 Å². The van der Waals surface area contributed by atoms with E-state index < -0.39 is 0 Å². The quantitative estimate of drug-likeness (QED) is 0.662. The van der Waals surface area contributed by atoms with Gasteiger partial charge >= 0.3 is 0 Å². The van der Waals surface area contributed by atoms with Gasteiger partial charge in [-0.05, 0) is 24.6 Å². The molecule has 0 aliphatic carbocycles. The molecule has 98 valence electrons. The number of nitrogens with zero attached hydrogens (tertiary/aromatic N) is 1. The van der Waals surface area contributed by atoms with E-state index in [-0.39, 0.29) is 5.84 Å². The molecule has 1 aromatic carbocycles. The van der Waals surface area contributed by atoms with Crippen LogP contribution in [0.2, 0.25) is 0 Å². The second kappa shape index (κ2) is 5.97. The van der Waals surface area contributed by atoms with Crippen LogP contribution in [0.4, 0.5) is 5.69 Å². The fourth-order valence-corrected chi connectivity index (χ4v) is 3.71. The van der Waals surface area contributed by atoms with Crippen molar-refractivity contribution in [3.05, 3.63) is 28.2 Å². The number of nitrogen functional groups attached to an aromatic ring is 1. The Balaban J connectivity index is 2.31. The molecule has 3 nitrogen and oxygen atoms in total. The zero-order chi connectivity index (χ0) is 13.1. The maximum absolute atomic E-state index is 7.69. The minimum Gasteiger partial charge on any atom is -0.384 e. The highest BCUT2D eigenvalue weighted by Gasteiger charge is 2.21. The molecule has 1 aromatic rings. The monoisotopic (exact) mass is 327 g/mol. The fourth-order valence-electron chi connectivity index (χ4n) is 2.18. The molecule has 1 aliphatic rings. The Hall–Kier alpha value is -0.680. The summed E-state index contributed by atoms with van der Waals surface area (Å²) in [5, 5.41) is 8.37. The number of hydrogen-bond donors (Lipinski definition) is 2. The van der Waals surface area contributed by atoms with Crippen LogP contribution in [0.3, 0.4) is 0 Å². The Morgan fingerprint density at radius 1 is 1.61 bits per heavy atom. The van der Waals surface area contributed by atoms with Gasteiger partial charge < -0.3 is 10.6 Å². The first kappa shape index (κ1) is 13.7. The minimum absolute atomic E-state index is 0.142. The van der Waals surface area contributed by atoms with Crippen LogP contribution in [-0.2, 0) is 0 Å². The molecule has 2 rings (SSSR count). The molecule has 0 saturated carbocycles. The largest absolute Gasteiger partial charge is 0.384 e. The lowest BCUT2D eigenvalue weighted by atomic mass is 10.1. The average Bonchev–Trinajstić information content (AvgIpc) is 2.38. The van der Waals surface area contributed by atoms with Crippen LogP contribution in [0.1, 0.15) is 18.9 Å². The molecule has 0 spiro atoms. The Morgan fingerprint density at radius 3 is 3.06 bits per heavy atom. The number of nitrogens with two attached hydrogens (primary N) is 1. The van der Waals surface area contributed by atoms with E-state index in [1.54, 1.807) is 0 Å². The number of amidine groups is 1. The van der Waals surface area contributed by atoms with Crippen LogP contribution in [0, 0.1) is 5.41 Å². The highest BCUT2D eigenvalue weighted by Crippen LogP contribution is 2.30. The van der Waals surface area contributed by atoms with Crippen molar-refractivity contribution < 1.29 is 0 Å². The molecule has 0 aromatic heterocycles. The molecule has 1 unspecified atom stereocenters. The normalized spacial score (nSPS) is 19.9. The summed E-state index contributed by atoms with van der Waals surface area (Å²) < 4.78 is 1.04. The van der Waals surface area contributed by atoms with Gasteiger partial charge in [0.15, 0.2) is 0 Å². The van der Waals surface area contributed by atoms with Crippen LogP contribution in [0.5, 0.6) is 0 Å². The smallest absolute Gasteiger partial charge is 0.124 e.